The van der Waals surface area contributed by atoms with Gasteiger partial charge in [-0.2, -0.15) is 0 Å². The molecule has 2 aromatic carbocycles. The quantitative estimate of drug-likeness (QED) is 0.501. The smallest absolute Gasteiger partial charge is 0.356 e. The maximum atomic E-state index is 10.6. The predicted molar refractivity (Wildman–Crippen MR) is 118 cm³/mol. The minimum absolute atomic E-state index is 0.173. The lowest BCUT2D eigenvalue weighted by atomic mass is 10.3. The van der Waals surface area contributed by atoms with E-state index in [0.29, 0.717) is 18.2 Å². The number of nitrogen functional groups attached to an aromatic ring is 1. The Morgan fingerprint density at radius 3 is 2.52 bits per heavy atom. The Morgan fingerprint density at radius 1 is 1.06 bits per heavy atom. The van der Waals surface area contributed by atoms with E-state index in [0.717, 1.165) is 56.2 Å². The van der Waals surface area contributed by atoms with Crippen LogP contribution in [0.5, 0.6) is 11.5 Å². The number of nitrogens with two attached hydrogens (primary N) is 1. The van der Waals surface area contributed by atoms with Crippen LogP contribution in [-0.4, -0.2) is 67.2 Å². The van der Waals surface area contributed by atoms with Gasteiger partial charge in [0.15, 0.2) is 0 Å². The molecule has 0 amide bonds. The number of aromatic nitrogens is 2. The number of anilines is 1. The summed E-state index contributed by atoms with van der Waals surface area (Å²) in [5.41, 5.74) is 8.61. The number of ether oxygens (including phenoxy) is 3. The molecule has 3 N–H and O–H groups in total. The fourth-order valence-electron chi connectivity index (χ4n) is 3.93. The van der Waals surface area contributed by atoms with Gasteiger partial charge in [0, 0.05) is 19.6 Å². The van der Waals surface area contributed by atoms with Crippen LogP contribution in [0.4, 0.5) is 5.95 Å². The Bertz CT molecular complexity index is 983. The Labute approximate surface area is 182 Å². The number of hydrogen-bond donors (Lipinski definition) is 2. The van der Waals surface area contributed by atoms with Crippen molar-refractivity contribution >= 4 is 17.0 Å². The van der Waals surface area contributed by atoms with Crippen molar-refractivity contribution < 1.29 is 23.9 Å². The second-order valence-electron chi connectivity index (χ2n) is 7.70. The van der Waals surface area contributed by atoms with Crippen molar-refractivity contribution in [1.82, 2.24) is 9.47 Å². The van der Waals surface area contributed by atoms with Crippen LogP contribution >= 0.6 is 0 Å². The molecule has 0 unspecified atom stereocenters. The molecule has 0 spiro atoms. The number of methoxy groups -OCH3 is 1. The summed E-state index contributed by atoms with van der Waals surface area (Å²) >= 11 is 0. The van der Waals surface area contributed by atoms with Gasteiger partial charge < -0.3 is 19.3 Å². The first-order valence-electron chi connectivity index (χ1n) is 10.7. The van der Waals surface area contributed by atoms with E-state index in [1.54, 1.807) is 7.11 Å². The molecule has 0 bridgehead atoms. The molecule has 1 fully saturated rings. The third kappa shape index (κ3) is 5.10. The highest BCUT2D eigenvalue weighted by Crippen LogP contribution is 2.18. The highest BCUT2D eigenvalue weighted by Gasteiger charge is 2.23. The van der Waals surface area contributed by atoms with Crippen molar-refractivity contribution in [3.05, 3.63) is 48.5 Å². The zero-order valence-corrected chi connectivity index (χ0v) is 17.9. The SMILES string of the molecule is COc1ccc(OC[C@H](O)C[n+]2c(N)n(CCN3CCOCC3)c3ccccc32)cc1. The lowest BCUT2D eigenvalue weighted by Gasteiger charge is -2.26. The summed E-state index contributed by atoms with van der Waals surface area (Å²) in [4.78, 5) is 2.39. The van der Waals surface area contributed by atoms with Crippen LogP contribution in [0.2, 0.25) is 0 Å². The third-order valence-electron chi connectivity index (χ3n) is 5.66. The third-order valence-corrected chi connectivity index (χ3v) is 5.66. The van der Waals surface area contributed by atoms with E-state index in [-0.39, 0.29) is 6.61 Å². The minimum Gasteiger partial charge on any atom is -0.497 e. The van der Waals surface area contributed by atoms with Crippen LogP contribution in [0.1, 0.15) is 0 Å². The zero-order valence-electron chi connectivity index (χ0n) is 17.9. The Hall–Kier alpha value is -2.81. The molecule has 4 rings (SSSR count). The van der Waals surface area contributed by atoms with Crippen molar-refractivity contribution in [1.29, 1.82) is 0 Å². The summed E-state index contributed by atoms with van der Waals surface area (Å²) in [6.07, 6.45) is -0.701. The molecular formula is C23H31N4O4+. The highest BCUT2D eigenvalue weighted by atomic mass is 16.5. The van der Waals surface area contributed by atoms with Gasteiger partial charge in [-0.3, -0.25) is 10.6 Å². The van der Waals surface area contributed by atoms with E-state index in [1.807, 2.05) is 47.0 Å². The Kier molecular flexibility index (Phi) is 6.91. The molecule has 1 atom stereocenters. The van der Waals surface area contributed by atoms with Gasteiger partial charge in [0.25, 0.3) is 0 Å². The van der Waals surface area contributed by atoms with E-state index in [4.69, 9.17) is 19.9 Å². The summed E-state index contributed by atoms with van der Waals surface area (Å²) in [5, 5.41) is 10.6. The number of rotatable bonds is 9. The van der Waals surface area contributed by atoms with Crippen LogP contribution < -0.4 is 19.8 Å². The molecule has 3 aromatic rings. The van der Waals surface area contributed by atoms with Gasteiger partial charge in [0.05, 0.1) is 26.9 Å². The molecule has 1 saturated heterocycles. The van der Waals surface area contributed by atoms with Crippen LogP contribution in [-0.2, 0) is 17.8 Å². The number of aliphatic hydroxyl groups is 1. The molecule has 0 radical (unpaired) electrons. The van der Waals surface area contributed by atoms with Crippen molar-refractivity contribution in [3.8, 4) is 11.5 Å². The van der Waals surface area contributed by atoms with E-state index in [9.17, 15) is 5.11 Å². The van der Waals surface area contributed by atoms with Gasteiger partial charge >= 0.3 is 5.95 Å². The summed E-state index contributed by atoms with van der Waals surface area (Å²) in [5.74, 6) is 2.09. The van der Waals surface area contributed by atoms with Gasteiger partial charge in [-0.1, -0.05) is 12.1 Å². The predicted octanol–water partition coefficient (Wildman–Crippen LogP) is 1.29. The average molecular weight is 428 g/mol. The topological polar surface area (TPSA) is 86.0 Å². The number of morpholine rings is 1. The average Bonchev–Trinajstić information content (AvgIpc) is 3.08. The Balaban J connectivity index is 1.44. The summed E-state index contributed by atoms with van der Waals surface area (Å²) in [6.45, 7) is 5.68. The molecule has 0 saturated carbocycles. The molecule has 166 valence electrons. The van der Waals surface area contributed by atoms with Gasteiger partial charge in [0.1, 0.15) is 41.8 Å². The first-order chi connectivity index (χ1) is 15.2. The largest absolute Gasteiger partial charge is 0.497 e. The molecule has 2 heterocycles. The van der Waals surface area contributed by atoms with Gasteiger partial charge in [0.2, 0.25) is 0 Å². The maximum Gasteiger partial charge on any atom is 0.356 e. The molecule has 1 aliphatic heterocycles. The normalized spacial score (nSPS) is 15.8. The number of benzene rings is 2. The standard InChI is InChI=1S/C23H30N4O4/c1-29-19-6-8-20(9-7-19)31-17-18(28)16-27-22-5-3-2-4-21(22)26(23(27)24)11-10-25-12-14-30-15-13-25/h2-9,18,24,28H,10-17H2,1H3/p+1/t18-/m1/s1. The van der Waals surface area contributed by atoms with Gasteiger partial charge in [-0.15, -0.1) is 0 Å². The summed E-state index contributed by atoms with van der Waals surface area (Å²) in [7, 11) is 1.62. The number of hydrogen-bond acceptors (Lipinski definition) is 6. The minimum atomic E-state index is -0.701. The fourth-order valence-corrected chi connectivity index (χ4v) is 3.93. The Morgan fingerprint density at radius 2 is 1.77 bits per heavy atom. The van der Waals surface area contributed by atoms with Crippen molar-refractivity contribution in [2.24, 2.45) is 0 Å². The molecule has 1 aliphatic rings. The first kappa shape index (κ1) is 21.4. The van der Waals surface area contributed by atoms with Crippen molar-refractivity contribution in [2.75, 3.05) is 52.3 Å². The number of nitrogens with zero attached hydrogens (tertiary/aromatic N) is 3. The monoisotopic (exact) mass is 427 g/mol. The number of imidazole rings is 1. The van der Waals surface area contributed by atoms with Gasteiger partial charge in [-0.25, -0.2) is 9.13 Å². The molecule has 0 aliphatic carbocycles. The van der Waals surface area contributed by atoms with Crippen molar-refractivity contribution in [3.63, 3.8) is 0 Å². The van der Waals surface area contributed by atoms with Gasteiger partial charge in [-0.05, 0) is 36.4 Å². The maximum absolute atomic E-state index is 10.6. The van der Waals surface area contributed by atoms with Crippen LogP contribution in [0.25, 0.3) is 11.0 Å². The molecule has 31 heavy (non-hydrogen) atoms. The van der Waals surface area contributed by atoms with Crippen LogP contribution in [0.3, 0.4) is 0 Å². The number of aliphatic hydroxyl groups excluding tert-OH is 1. The van der Waals surface area contributed by atoms with Crippen LogP contribution in [0.15, 0.2) is 48.5 Å². The summed E-state index contributed by atoms with van der Waals surface area (Å²) < 4.78 is 20.4. The first-order valence-corrected chi connectivity index (χ1v) is 10.7. The fraction of sp³-hybridized carbons (Fsp3) is 0.435. The van der Waals surface area contributed by atoms with E-state index < -0.39 is 6.10 Å². The number of fused-ring (bicyclic) bond motifs is 1. The van der Waals surface area contributed by atoms with E-state index >= 15 is 0 Å². The lowest BCUT2D eigenvalue weighted by Crippen LogP contribution is -2.44. The lowest BCUT2D eigenvalue weighted by molar-refractivity contribution is -0.665. The van der Waals surface area contributed by atoms with Crippen molar-refractivity contribution in [2.45, 2.75) is 19.2 Å². The molecule has 1 aromatic heterocycles. The highest BCUT2D eigenvalue weighted by molar-refractivity contribution is 5.73. The summed E-state index contributed by atoms with van der Waals surface area (Å²) in [6, 6.07) is 15.4. The molecule has 8 nitrogen and oxygen atoms in total. The van der Waals surface area contributed by atoms with E-state index in [2.05, 4.69) is 15.5 Å². The van der Waals surface area contributed by atoms with Crippen LogP contribution in [0, 0.1) is 0 Å². The number of para-hydroxylation sites is 2. The second-order valence-corrected chi connectivity index (χ2v) is 7.70. The molecular weight excluding hydrogens is 396 g/mol. The molecule has 8 heteroatoms. The second kappa shape index (κ2) is 10.00. The zero-order chi connectivity index (χ0) is 21.6. The van der Waals surface area contributed by atoms with E-state index in [1.165, 1.54) is 0 Å².